The Morgan fingerprint density at radius 2 is 2.36 bits per heavy atom. The Hall–Kier alpha value is -0.360. The van der Waals surface area contributed by atoms with E-state index in [1.165, 1.54) is 6.20 Å². The van der Waals surface area contributed by atoms with Gasteiger partial charge >= 0.3 is 0 Å². The average Bonchev–Trinajstić information content (AvgIpc) is 1.99. The maximum atomic E-state index is 10.4. The molecule has 0 spiro atoms. The normalized spacial score (nSPS) is 9.64. The molecule has 0 amide bonds. The van der Waals surface area contributed by atoms with Crippen LogP contribution in [-0.2, 0) is 0 Å². The van der Waals surface area contributed by atoms with Crippen molar-refractivity contribution in [1.29, 1.82) is 0 Å². The van der Waals surface area contributed by atoms with Gasteiger partial charge in [-0.2, -0.15) is 0 Å². The van der Waals surface area contributed by atoms with Crippen molar-refractivity contribution < 1.29 is 4.79 Å². The summed E-state index contributed by atoms with van der Waals surface area (Å²) in [5, 5.41) is 0.369. The molecule has 2 N–H and O–H groups in total. The molecule has 0 radical (unpaired) electrons. The minimum Gasteiger partial charge on any atom is -0.383 e. The summed E-state index contributed by atoms with van der Waals surface area (Å²) in [6.07, 6.45) is 2.12. The Bertz CT molecular complexity index is 303. The lowest BCUT2D eigenvalue weighted by atomic mass is 10.3. The van der Waals surface area contributed by atoms with Gasteiger partial charge in [-0.25, -0.2) is 4.98 Å². The van der Waals surface area contributed by atoms with Gasteiger partial charge in [0.25, 0.3) is 0 Å². The molecular formula is C6H4ClIN2O. The fraction of sp³-hybridized carbons (Fsp3) is 0. The van der Waals surface area contributed by atoms with Crippen molar-refractivity contribution in [3.63, 3.8) is 0 Å². The zero-order valence-electron chi connectivity index (χ0n) is 5.34. The van der Waals surface area contributed by atoms with Gasteiger partial charge in [0, 0.05) is 6.20 Å². The number of nitrogen functional groups attached to an aromatic ring is 1. The monoisotopic (exact) mass is 282 g/mol. The number of carbonyl (C=O) groups is 1. The molecule has 0 aliphatic carbocycles. The third-order valence-corrected chi connectivity index (χ3v) is 2.70. The molecule has 3 nitrogen and oxygen atoms in total. The van der Waals surface area contributed by atoms with E-state index in [-0.39, 0.29) is 11.4 Å². The number of carbonyl (C=O) groups excluding carboxylic acids is 1. The number of anilines is 1. The standard InChI is InChI=1S/C6H4ClIN2O/c7-5-3(2-11)6(9)10-1-4(5)8/h1-2H,(H2,9,10). The highest BCUT2D eigenvalue weighted by molar-refractivity contribution is 14.1. The number of nitrogens with zero attached hydrogens (tertiary/aromatic N) is 1. The molecule has 0 saturated heterocycles. The quantitative estimate of drug-likeness (QED) is 0.630. The van der Waals surface area contributed by atoms with Gasteiger partial charge in [-0.05, 0) is 22.6 Å². The topological polar surface area (TPSA) is 56.0 Å². The fourth-order valence-electron chi connectivity index (χ4n) is 0.606. The molecule has 1 aromatic rings. The van der Waals surface area contributed by atoms with Gasteiger partial charge in [-0.15, -0.1) is 0 Å². The van der Waals surface area contributed by atoms with Crippen LogP contribution in [0.2, 0.25) is 5.02 Å². The van der Waals surface area contributed by atoms with E-state index in [4.69, 9.17) is 17.3 Å². The maximum Gasteiger partial charge on any atom is 0.155 e. The second-order valence-corrected chi connectivity index (χ2v) is 3.38. The molecule has 58 valence electrons. The first kappa shape index (κ1) is 8.73. The lowest BCUT2D eigenvalue weighted by Crippen LogP contribution is -1.98. The van der Waals surface area contributed by atoms with Gasteiger partial charge in [0.05, 0.1) is 14.2 Å². The molecule has 0 fully saturated rings. The van der Waals surface area contributed by atoms with Crippen LogP contribution in [0.1, 0.15) is 10.4 Å². The van der Waals surface area contributed by atoms with Crippen LogP contribution < -0.4 is 5.73 Å². The van der Waals surface area contributed by atoms with Gasteiger partial charge < -0.3 is 5.73 Å². The van der Waals surface area contributed by atoms with Crippen LogP contribution in [0, 0.1) is 3.57 Å². The molecule has 11 heavy (non-hydrogen) atoms. The van der Waals surface area contributed by atoms with Gasteiger partial charge in [0.2, 0.25) is 0 Å². The Kier molecular flexibility index (Phi) is 2.67. The van der Waals surface area contributed by atoms with Crippen LogP contribution in [0.5, 0.6) is 0 Å². The minimum absolute atomic E-state index is 0.172. The molecule has 0 aromatic carbocycles. The van der Waals surface area contributed by atoms with E-state index in [0.29, 0.717) is 11.3 Å². The number of aldehydes is 1. The van der Waals surface area contributed by atoms with E-state index >= 15 is 0 Å². The fourth-order valence-corrected chi connectivity index (χ4v) is 1.23. The van der Waals surface area contributed by atoms with Gasteiger partial charge in [0.15, 0.2) is 6.29 Å². The Labute approximate surface area is 82.1 Å². The maximum absolute atomic E-state index is 10.4. The lowest BCUT2D eigenvalue weighted by molar-refractivity contribution is 0.112. The number of pyridine rings is 1. The first-order valence-corrected chi connectivity index (χ1v) is 4.17. The van der Waals surface area contributed by atoms with E-state index in [0.717, 1.165) is 3.57 Å². The zero-order valence-corrected chi connectivity index (χ0v) is 8.26. The predicted octanol–water partition coefficient (Wildman–Crippen LogP) is 1.73. The second kappa shape index (κ2) is 3.36. The van der Waals surface area contributed by atoms with E-state index in [1.807, 2.05) is 22.6 Å². The molecule has 0 unspecified atom stereocenters. The highest BCUT2D eigenvalue weighted by Crippen LogP contribution is 2.23. The van der Waals surface area contributed by atoms with Crippen LogP contribution in [0.25, 0.3) is 0 Å². The van der Waals surface area contributed by atoms with Crippen molar-refractivity contribution in [3.05, 3.63) is 20.4 Å². The van der Waals surface area contributed by atoms with Crippen LogP contribution in [-0.4, -0.2) is 11.3 Å². The van der Waals surface area contributed by atoms with Gasteiger partial charge in [-0.1, -0.05) is 11.6 Å². The summed E-state index contributed by atoms with van der Waals surface area (Å²) >= 11 is 7.72. The van der Waals surface area contributed by atoms with Crippen LogP contribution in [0.3, 0.4) is 0 Å². The molecule has 5 heteroatoms. The summed E-state index contributed by atoms with van der Waals surface area (Å²) in [5.41, 5.74) is 5.63. The Morgan fingerprint density at radius 1 is 1.73 bits per heavy atom. The molecule has 1 aromatic heterocycles. The molecule has 1 heterocycles. The SMILES string of the molecule is Nc1ncc(I)c(Cl)c1C=O. The zero-order chi connectivity index (χ0) is 8.43. The van der Waals surface area contributed by atoms with E-state index < -0.39 is 0 Å². The van der Waals surface area contributed by atoms with Crippen molar-refractivity contribution in [1.82, 2.24) is 4.98 Å². The largest absolute Gasteiger partial charge is 0.383 e. The van der Waals surface area contributed by atoms with E-state index in [9.17, 15) is 4.79 Å². The molecule has 0 atom stereocenters. The first-order chi connectivity index (χ1) is 5.16. The minimum atomic E-state index is 0.172. The predicted molar refractivity (Wildman–Crippen MR) is 51.8 cm³/mol. The summed E-state index contributed by atoms with van der Waals surface area (Å²) in [6.45, 7) is 0. The van der Waals surface area contributed by atoms with Crippen molar-refractivity contribution in [3.8, 4) is 0 Å². The van der Waals surface area contributed by atoms with Gasteiger partial charge in [0.1, 0.15) is 5.82 Å². The number of nitrogens with two attached hydrogens (primary N) is 1. The van der Waals surface area contributed by atoms with Crippen LogP contribution in [0.4, 0.5) is 5.82 Å². The molecule has 0 saturated carbocycles. The highest BCUT2D eigenvalue weighted by Gasteiger charge is 2.07. The number of aromatic nitrogens is 1. The Morgan fingerprint density at radius 3 is 2.82 bits per heavy atom. The third kappa shape index (κ3) is 1.62. The molecule has 0 bridgehead atoms. The number of hydrogen-bond donors (Lipinski definition) is 1. The summed E-state index contributed by atoms with van der Waals surface area (Å²) in [6, 6.07) is 0. The summed E-state index contributed by atoms with van der Waals surface area (Å²) in [5.74, 6) is 0.172. The second-order valence-electron chi connectivity index (χ2n) is 1.84. The van der Waals surface area contributed by atoms with Crippen molar-refractivity contribution >= 4 is 46.3 Å². The lowest BCUT2D eigenvalue weighted by Gasteiger charge is -2.00. The average molecular weight is 282 g/mol. The number of halogens is 2. The summed E-state index contributed by atoms with van der Waals surface area (Å²) in [7, 11) is 0. The van der Waals surface area contributed by atoms with Crippen molar-refractivity contribution in [2.45, 2.75) is 0 Å². The summed E-state index contributed by atoms with van der Waals surface area (Å²) in [4.78, 5) is 14.2. The smallest absolute Gasteiger partial charge is 0.155 e. The Balaban J connectivity index is 3.40. The summed E-state index contributed by atoms with van der Waals surface area (Å²) < 4.78 is 0.723. The van der Waals surface area contributed by atoms with Crippen molar-refractivity contribution in [2.24, 2.45) is 0 Å². The third-order valence-electron chi connectivity index (χ3n) is 1.16. The van der Waals surface area contributed by atoms with Crippen LogP contribution >= 0.6 is 34.2 Å². The van der Waals surface area contributed by atoms with E-state index in [2.05, 4.69) is 4.98 Å². The van der Waals surface area contributed by atoms with Crippen LogP contribution in [0.15, 0.2) is 6.20 Å². The number of hydrogen-bond acceptors (Lipinski definition) is 3. The molecule has 1 rings (SSSR count). The highest BCUT2D eigenvalue weighted by atomic mass is 127. The number of rotatable bonds is 1. The van der Waals surface area contributed by atoms with Crippen molar-refractivity contribution in [2.75, 3.05) is 5.73 Å². The molecule has 0 aliphatic rings. The molecule has 0 aliphatic heterocycles. The van der Waals surface area contributed by atoms with Gasteiger partial charge in [-0.3, -0.25) is 4.79 Å². The van der Waals surface area contributed by atoms with E-state index in [1.54, 1.807) is 0 Å². The molecular weight excluding hydrogens is 278 g/mol. The first-order valence-electron chi connectivity index (χ1n) is 2.71.